The van der Waals surface area contributed by atoms with Crippen molar-refractivity contribution in [3.63, 3.8) is 0 Å². The van der Waals surface area contributed by atoms with Crippen LogP contribution in [0.4, 0.5) is 0 Å². The lowest BCUT2D eigenvalue weighted by atomic mass is 10.4. The quantitative estimate of drug-likeness (QED) is 0.754. The SMILES string of the molecule is C=CCS(=O)(=O)c1s[nH]c(=O)c1C#N. The third-order valence-corrected chi connectivity index (χ3v) is 4.53. The highest BCUT2D eigenvalue weighted by Crippen LogP contribution is 2.17. The van der Waals surface area contributed by atoms with E-state index in [1.807, 2.05) is 0 Å². The van der Waals surface area contributed by atoms with E-state index in [9.17, 15) is 13.2 Å². The summed E-state index contributed by atoms with van der Waals surface area (Å²) < 4.78 is 24.9. The van der Waals surface area contributed by atoms with Crippen molar-refractivity contribution in [3.05, 3.63) is 28.6 Å². The second-order valence-electron chi connectivity index (χ2n) is 2.38. The molecule has 0 amide bonds. The van der Waals surface area contributed by atoms with Crippen molar-refractivity contribution in [2.45, 2.75) is 4.21 Å². The van der Waals surface area contributed by atoms with Gasteiger partial charge in [0.2, 0.25) is 0 Å². The number of nitriles is 1. The molecular formula is C7H6N2O3S2. The average molecular weight is 230 g/mol. The van der Waals surface area contributed by atoms with Gasteiger partial charge in [-0.25, -0.2) is 8.42 Å². The molecule has 5 nitrogen and oxygen atoms in total. The Bertz CT molecular complexity index is 544. The van der Waals surface area contributed by atoms with Crippen LogP contribution in [0.2, 0.25) is 0 Å². The van der Waals surface area contributed by atoms with Crippen LogP contribution in [0, 0.1) is 11.3 Å². The Kier molecular flexibility index (Phi) is 2.88. The summed E-state index contributed by atoms with van der Waals surface area (Å²) in [4.78, 5) is 11.0. The minimum atomic E-state index is -3.59. The fourth-order valence-corrected chi connectivity index (χ4v) is 3.11. The molecule has 0 atom stereocenters. The van der Waals surface area contributed by atoms with E-state index < -0.39 is 15.4 Å². The van der Waals surface area contributed by atoms with Gasteiger partial charge < -0.3 is 0 Å². The molecule has 1 aromatic heterocycles. The zero-order valence-electron chi connectivity index (χ0n) is 6.98. The van der Waals surface area contributed by atoms with Crippen molar-refractivity contribution in [3.8, 4) is 6.07 Å². The molecule has 1 rings (SSSR count). The maximum Gasteiger partial charge on any atom is 0.277 e. The smallest absolute Gasteiger partial charge is 0.275 e. The normalized spacial score (nSPS) is 10.8. The van der Waals surface area contributed by atoms with Crippen molar-refractivity contribution < 1.29 is 8.42 Å². The molecule has 0 aromatic carbocycles. The Morgan fingerprint density at radius 1 is 1.64 bits per heavy atom. The molecule has 0 aliphatic rings. The van der Waals surface area contributed by atoms with E-state index in [1.165, 1.54) is 6.08 Å². The number of hydrogen-bond acceptors (Lipinski definition) is 5. The van der Waals surface area contributed by atoms with Crippen LogP contribution >= 0.6 is 11.5 Å². The summed E-state index contributed by atoms with van der Waals surface area (Å²) >= 11 is 0.652. The number of rotatable bonds is 3. The lowest BCUT2D eigenvalue weighted by Gasteiger charge is -1.94. The highest BCUT2D eigenvalue weighted by molar-refractivity contribution is 7.93. The van der Waals surface area contributed by atoms with Gasteiger partial charge in [-0.15, -0.1) is 6.58 Å². The Hall–Kier alpha value is -1.39. The lowest BCUT2D eigenvalue weighted by Crippen LogP contribution is -2.08. The second-order valence-corrected chi connectivity index (χ2v) is 5.42. The van der Waals surface area contributed by atoms with E-state index in [0.29, 0.717) is 11.5 Å². The maximum atomic E-state index is 11.5. The van der Waals surface area contributed by atoms with Gasteiger partial charge in [0.25, 0.3) is 5.56 Å². The van der Waals surface area contributed by atoms with Gasteiger partial charge in [0.1, 0.15) is 11.6 Å². The molecule has 0 fully saturated rings. The Morgan fingerprint density at radius 3 is 2.79 bits per heavy atom. The van der Waals surface area contributed by atoms with Crippen LogP contribution in [-0.2, 0) is 9.84 Å². The summed E-state index contributed by atoms with van der Waals surface area (Å²) in [6.45, 7) is 3.29. The Balaban J connectivity index is 3.42. The molecule has 1 N–H and O–H groups in total. The van der Waals surface area contributed by atoms with Crippen LogP contribution < -0.4 is 5.56 Å². The van der Waals surface area contributed by atoms with Crippen molar-refractivity contribution in [2.75, 3.05) is 5.75 Å². The summed E-state index contributed by atoms with van der Waals surface area (Å²) in [6.07, 6.45) is 1.21. The van der Waals surface area contributed by atoms with Gasteiger partial charge in [-0.3, -0.25) is 9.17 Å². The summed E-state index contributed by atoms with van der Waals surface area (Å²) in [5.74, 6) is -0.282. The topological polar surface area (TPSA) is 90.8 Å². The van der Waals surface area contributed by atoms with Crippen molar-refractivity contribution in [1.29, 1.82) is 5.26 Å². The standard InChI is InChI=1S/C7H6N2O3S2/c1-2-3-14(11,12)7-5(4-8)6(10)9-13-7/h2H,1,3H2,(H,9,10). The van der Waals surface area contributed by atoms with Gasteiger partial charge in [-0.05, 0) is 11.5 Å². The van der Waals surface area contributed by atoms with E-state index in [1.54, 1.807) is 6.07 Å². The highest BCUT2D eigenvalue weighted by atomic mass is 32.2. The van der Waals surface area contributed by atoms with Crippen LogP contribution in [-0.4, -0.2) is 18.5 Å². The molecule has 0 bridgehead atoms. The average Bonchev–Trinajstić information content (AvgIpc) is 2.47. The molecule has 74 valence electrons. The number of hydrogen-bond donors (Lipinski definition) is 1. The molecule has 1 aromatic rings. The van der Waals surface area contributed by atoms with E-state index in [0.717, 1.165) is 0 Å². The number of nitrogens with one attached hydrogen (secondary N) is 1. The largest absolute Gasteiger partial charge is 0.277 e. The Morgan fingerprint density at radius 2 is 2.29 bits per heavy atom. The van der Waals surface area contributed by atoms with Crippen molar-refractivity contribution in [2.24, 2.45) is 0 Å². The molecule has 0 saturated carbocycles. The fraction of sp³-hybridized carbons (Fsp3) is 0.143. The minimum absolute atomic E-state index is 0.218. The van der Waals surface area contributed by atoms with Crippen LogP contribution in [0.5, 0.6) is 0 Å². The minimum Gasteiger partial charge on any atom is -0.275 e. The molecule has 1 heterocycles. The van der Waals surface area contributed by atoms with Gasteiger partial charge in [0.05, 0.1) is 5.75 Å². The van der Waals surface area contributed by atoms with Crippen LogP contribution in [0.15, 0.2) is 21.7 Å². The van der Waals surface area contributed by atoms with E-state index in [4.69, 9.17) is 5.26 Å². The number of aromatic nitrogens is 1. The molecule has 0 saturated heterocycles. The van der Waals surface area contributed by atoms with Crippen LogP contribution in [0.25, 0.3) is 0 Å². The van der Waals surface area contributed by atoms with Gasteiger partial charge in [0.15, 0.2) is 14.0 Å². The monoisotopic (exact) mass is 230 g/mol. The highest BCUT2D eigenvalue weighted by Gasteiger charge is 2.22. The summed E-state index contributed by atoms with van der Waals surface area (Å²) in [5, 5.41) is 8.57. The Labute approximate surface area is 84.4 Å². The van der Waals surface area contributed by atoms with E-state index >= 15 is 0 Å². The number of sulfone groups is 1. The predicted molar refractivity (Wildman–Crippen MR) is 51.9 cm³/mol. The van der Waals surface area contributed by atoms with Crippen molar-refractivity contribution in [1.82, 2.24) is 4.37 Å². The number of nitrogens with zero attached hydrogens (tertiary/aromatic N) is 1. The summed E-state index contributed by atoms with van der Waals surface area (Å²) in [5.41, 5.74) is -1.02. The molecule has 14 heavy (non-hydrogen) atoms. The summed E-state index contributed by atoms with van der Waals surface area (Å²) in [6, 6.07) is 1.56. The fourth-order valence-electron chi connectivity index (χ4n) is 0.834. The second kappa shape index (κ2) is 3.77. The first-order valence-electron chi connectivity index (χ1n) is 3.48. The molecule has 0 aliphatic heterocycles. The predicted octanol–water partition coefficient (Wildman–Crippen LogP) is 0.268. The third kappa shape index (κ3) is 1.76. The maximum absolute atomic E-state index is 11.5. The molecule has 0 spiro atoms. The summed E-state index contributed by atoms with van der Waals surface area (Å²) in [7, 11) is -3.59. The zero-order chi connectivity index (χ0) is 10.8. The number of H-pyrrole nitrogens is 1. The van der Waals surface area contributed by atoms with Gasteiger partial charge in [-0.2, -0.15) is 5.26 Å². The first-order chi connectivity index (χ1) is 6.53. The van der Waals surface area contributed by atoms with Crippen LogP contribution in [0.1, 0.15) is 5.56 Å². The van der Waals surface area contributed by atoms with Crippen LogP contribution in [0.3, 0.4) is 0 Å². The van der Waals surface area contributed by atoms with E-state index in [2.05, 4.69) is 11.0 Å². The van der Waals surface area contributed by atoms with Gasteiger partial charge in [-0.1, -0.05) is 6.08 Å². The molecule has 0 aliphatic carbocycles. The van der Waals surface area contributed by atoms with Crippen molar-refractivity contribution >= 4 is 21.4 Å². The first-order valence-corrected chi connectivity index (χ1v) is 5.95. The molecule has 0 unspecified atom stereocenters. The molecule has 7 heteroatoms. The first kappa shape index (κ1) is 10.7. The van der Waals surface area contributed by atoms with Gasteiger partial charge >= 0.3 is 0 Å². The molecule has 0 radical (unpaired) electrons. The lowest BCUT2D eigenvalue weighted by molar-refractivity contribution is 0.600. The molecular weight excluding hydrogens is 224 g/mol. The number of aromatic amines is 1. The van der Waals surface area contributed by atoms with E-state index in [-0.39, 0.29) is 15.5 Å². The van der Waals surface area contributed by atoms with Gasteiger partial charge in [0, 0.05) is 0 Å². The third-order valence-electron chi connectivity index (χ3n) is 1.40. The zero-order valence-corrected chi connectivity index (χ0v) is 8.61.